The van der Waals surface area contributed by atoms with Crippen molar-refractivity contribution < 1.29 is 13.9 Å². The fourth-order valence-corrected chi connectivity index (χ4v) is 2.58. The molecule has 0 fully saturated rings. The van der Waals surface area contributed by atoms with Gasteiger partial charge >= 0.3 is 0 Å². The number of hydrogen-bond acceptors (Lipinski definition) is 4. The first kappa shape index (κ1) is 15.7. The number of halogens is 1. The molecule has 0 spiro atoms. The maximum atomic E-state index is 6.09. The van der Waals surface area contributed by atoms with Gasteiger partial charge < -0.3 is 19.2 Å². The second kappa shape index (κ2) is 7.38. The van der Waals surface area contributed by atoms with Crippen LogP contribution in [-0.4, -0.2) is 20.8 Å². The van der Waals surface area contributed by atoms with Crippen LogP contribution in [0.5, 0.6) is 11.5 Å². The molecule has 1 aromatic carbocycles. The molecule has 0 aliphatic heterocycles. The van der Waals surface area contributed by atoms with Crippen LogP contribution in [0.25, 0.3) is 0 Å². The number of furan rings is 1. The Morgan fingerprint density at radius 1 is 1.19 bits per heavy atom. The Labute approximate surface area is 130 Å². The zero-order valence-corrected chi connectivity index (χ0v) is 13.2. The van der Waals surface area contributed by atoms with Crippen LogP contribution in [-0.2, 0) is 6.42 Å². The predicted octanol–water partition coefficient (Wildman–Crippen LogP) is 3.84. The van der Waals surface area contributed by atoms with Crippen molar-refractivity contribution in [2.24, 2.45) is 0 Å². The van der Waals surface area contributed by atoms with Crippen molar-refractivity contribution in [3.8, 4) is 11.5 Å². The lowest BCUT2D eigenvalue weighted by atomic mass is 10.0. The second-order valence-corrected chi connectivity index (χ2v) is 5.00. The molecule has 2 aromatic rings. The van der Waals surface area contributed by atoms with Crippen molar-refractivity contribution in [2.45, 2.75) is 19.4 Å². The van der Waals surface area contributed by atoms with Gasteiger partial charge in [-0.3, -0.25) is 0 Å². The van der Waals surface area contributed by atoms with Gasteiger partial charge in [-0.05, 0) is 48.3 Å². The van der Waals surface area contributed by atoms with Gasteiger partial charge in [-0.2, -0.15) is 0 Å². The molecule has 0 saturated carbocycles. The minimum Gasteiger partial charge on any atom is -0.493 e. The van der Waals surface area contributed by atoms with Gasteiger partial charge in [0.25, 0.3) is 0 Å². The van der Waals surface area contributed by atoms with E-state index in [2.05, 4.69) is 12.2 Å². The smallest absolute Gasteiger partial charge is 0.197 e. The third-order valence-corrected chi connectivity index (χ3v) is 3.67. The molecule has 0 bridgehead atoms. The Hall–Kier alpha value is -1.65. The van der Waals surface area contributed by atoms with Crippen molar-refractivity contribution in [1.82, 2.24) is 5.32 Å². The monoisotopic (exact) mass is 309 g/mol. The van der Waals surface area contributed by atoms with Crippen molar-refractivity contribution >= 4 is 11.6 Å². The molecule has 2 rings (SSSR count). The standard InChI is InChI=1S/C16H20ClNO3/c1-4-18-13(12-7-8-21-16(12)17)9-11-5-6-14(19-2)15(10-11)20-3/h5-8,10,13,18H,4,9H2,1-3H3. The van der Waals surface area contributed by atoms with Crippen LogP contribution < -0.4 is 14.8 Å². The Morgan fingerprint density at radius 3 is 2.52 bits per heavy atom. The molecular weight excluding hydrogens is 290 g/mol. The van der Waals surface area contributed by atoms with Gasteiger partial charge in [0.15, 0.2) is 16.7 Å². The van der Waals surface area contributed by atoms with E-state index in [1.165, 1.54) is 0 Å². The van der Waals surface area contributed by atoms with Crippen LogP contribution >= 0.6 is 11.6 Å². The van der Waals surface area contributed by atoms with Crippen LogP contribution in [0.3, 0.4) is 0 Å². The highest BCUT2D eigenvalue weighted by Crippen LogP contribution is 2.31. The predicted molar refractivity (Wildman–Crippen MR) is 83.4 cm³/mol. The normalized spacial score (nSPS) is 12.2. The summed E-state index contributed by atoms with van der Waals surface area (Å²) in [5.41, 5.74) is 2.10. The maximum absolute atomic E-state index is 6.09. The Bertz CT molecular complexity index is 583. The molecule has 0 saturated heterocycles. The minimum atomic E-state index is 0.0966. The molecule has 1 unspecified atom stereocenters. The molecule has 0 aliphatic carbocycles. The van der Waals surface area contributed by atoms with Crippen molar-refractivity contribution in [2.75, 3.05) is 20.8 Å². The van der Waals surface area contributed by atoms with E-state index in [0.29, 0.717) is 5.22 Å². The molecule has 4 nitrogen and oxygen atoms in total. The Morgan fingerprint density at radius 2 is 1.95 bits per heavy atom. The summed E-state index contributed by atoms with van der Waals surface area (Å²) >= 11 is 6.09. The van der Waals surface area contributed by atoms with Gasteiger partial charge in [-0.25, -0.2) is 0 Å². The second-order valence-electron chi connectivity index (χ2n) is 4.65. The van der Waals surface area contributed by atoms with E-state index in [-0.39, 0.29) is 6.04 Å². The average Bonchev–Trinajstić information content (AvgIpc) is 2.92. The topological polar surface area (TPSA) is 43.6 Å². The highest BCUT2D eigenvalue weighted by atomic mass is 35.5. The lowest BCUT2D eigenvalue weighted by Crippen LogP contribution is -2.22. The molecule has 1 atom stereocenters. The van der Waals surface area contributed by atoms with Gasteiger partial charge in [0.05, 0.1) is 20.5 Å². The van der Waals surface area contributed by atoms with Crippen molar-refractivity contribution in [1.29, 1.82) is 0 Å². The number of ether oxygens (including phenoxy) is 2. The van der Waals surface area contributed by atoms with Gasteiger partial charge in [0.2, 0.25) is 0 Å². The molecule has 1 heterocycles. The minimum absolute atomic E-state index is 0.0966. The molecule has 1 N–H and O–H groups in total. The lowest BCUT2D eigenvalue weighted by Gasteiger charge is -2.18. The van der Waals surface area contributed by atoms with E-state index >= 15 is 0 Å². The average molecular weight is 310 g/mol. The number of methoxy groups -OCH3 is 2. The van der Waals surface area contributed by atoms with Crippen LogP contribution in [0.1, 0.15) is 24.1 Å². The number of likely N-dealkylation sites (N-methyl/N-ethyl adjacent to an activating group) is 1. The Balaban J connectivity index is 2.23. The number of rotatable bonds is 7. The zero-order chi connectivity index (χ0) is 15.2. The van der Waals surface area contributed by atoms with E-state index in [1.807, 2.05) is 24.3 Å². The highest BCUT2D eigenvalue weighted by molar-refractivity contribution is 6.29. The number of hydrogen-bond donors (Lipinski definition) is 1. The van der Waals surface area contributed by atoms with Crippen LogP contribution in [0.4, 0.5) is 0 Å². The quantitative estimate of drug-likeness (QED) is 0.844. The lowest BCUT2D eigenvalue weighted by molar-refractivity contribution is 0.354. The fourth-order valence-electron chi connectivity index (χ4n) is 2.34. The highest BCUT2D eigenvalue weighted by Gasteiger charge is 2.17. The third kappa shape index (κ3) is 3.71. The molecular formula is C16H20ClNO3. The molecule has 0 aliphatic rings. The van der Waals surface area contributed by atoms with Crippen LogP contribution in [0.15, 0.2) is 34.9 Å². The summed E-state index contributed by atoms with van der Waals surface area (Å²) in [6.07, 6.45) is 2.39. The van der Waals surface area contributed by atoms with E-state index < -0.39 is 0 Å². The van der Waals surface area contributed by atoms with Crippen LogP contribution in [0.2, 0.25) is 5.22 Å². The summed E-state index contributed by atoms with van der Waals surface area (Å²) in [4.78, 5) is 0. The first-order valence-electron chi connectivity index (χ1n) is 6.86. The maximum Gasteiger partial charge on any atom is 0.197 e. The largest absolute Gasteiger partial charge is 0.493 e. The molecule has 114 valence electrons. The van der Waals surface area contributed by atoms with Gasteiger partial charge in [-0.15, -0.1) is 0 Å². The van der Waals surface area contributed by atoms with E-state index in [0.717, 1.165) is 35.6 Å². The summed E-state index contributed by atoms with van der Waals surface area (Å²) in [5, 5.41) is 3.86. The van der Waals surface area contributed by atoms with Gasteiger partial charge in [-0.1, -0.05) is 13.0 Å². The summed E-state index contributed by atoms with van der Waals surface area (Å²) in [6.45, 7) is 2.91. The third-order valence-electron chi connectivity index (χ3n) is 3.36. The number of benzene rings is 1. The van der Waals surface area contributed by atoms with Crippen molar-refractivity contribution in [3.05, 3.63) is 46.9 Å². The Kier molecular flexibility index (Phi) is 5.53. The van der Waals surface area contributed by atoms with E-state index in [4.69, 9.17) is 25.5 Å². The molecule has 0 amide bonds. The first-order chi connectivity index (χ1) is 10.2. The molecule has 1 aromatic heterocycles. The zero-order valence-electron chi connectivity index (χ0n) is 12.5. The molecule has 0 radical (unpaired) electrons. The van der Waals surface area contributed by atoms with Crippen molar-refractivity contribution in [3.63, 3.8) is 0 Å². The summed E-state index contributed by atoms with van der Waals surface area (Å²) < 4.78 is 15.8. The SMILES string of the molecule is CCNC(Cc1ccc(OC)c(OC)c1)c1ccoc1Cl. The van der Waals surface area contributed by atoms with Gasteiger partial charge in [0, 0.05) is 11.6 Å². The number of nitrogens with one attached hydrogen (secondary N) is 1. The fraction of sp³-hybridized carbons (Fsp3) is 0.375. The summed E-state index contributed by atoms with van der Waals surface area (Å²) in [6, 6.07) is 7.92. The molecule has 21 heavy (non-hydrogen) atoms. The summed E-state index contributed by atoms with van der Waals surface area (Å²) in [7, 11) is 3.26. The van der Waals surface area contributed by atoms with E-state index in [9.17, 15) is 0 Å². The van der Waals surface area contributed by atoms with Crippen LogP contribution in [0, 0.1) is 0 Å². The first-order valence-corrected chi connectivity index (χ1v) is 7.24. The summed E-state index contributed by atoms with van der Waals surface area (Å²) in [5.74, 6) is 1.45. The van der Waals surface area contributed by atoms with Gasteiger partial charge in [0.1, 0.15) is 0 Å². The molecule has 5 heteroatoms. The van der Waals surface area contributed by atoms with E-state index in [1.54, 1.807) is 20.5 Å².